The second kappa shape index (κ2) is 4.56. The molecule has 0 amide bonds. The summed E-state index contributed by atoms with van der Waals surface area (Å²) in [5.74, 6) is -1.83. The van der Waals surface area contributed by atoms with Crippen LogP contribution in [-0.2, 0) is 4.79 Å². The number of carbonyl (C=O) groups excluding carboxylic acids is 1. The Morgan fingerprint density at radius 3 is 2.27 bits per heavy atom. The van der Waals surface area contributed by atoms with E-state index in [0.717, 1.165) is 0 Å². The summed E-state index contributed by atoms with van der Waals surface area (Å²) in [7, 11) is 0. The molecular formula is C10H11NO4. The zero-order valence-corrected chi connectivity index (χ0v) is 7.88. The quantitative estimate of drug-likeness (QED) is 0.488. The maximum absolute atomic E-state index is 11.4. The lowest BCUT2D eigenvalue weighted by molar-refractivity contribution is -0.146. The van der Waals surface area contributed by atoms with Crippen LogP contribution in [0.15, 0.2) is 24.3 Å². The molecule has 0 bridgehead atoms. The highest BCUT2D eigenvalue weighted by atomic mass is 16.4. The Kier molecular flexibility index (Phi) is 3.41. The molecule has 0 aliphatic carbocycles. The van der Waals surface area contributed by atoms with Crippen molar-refractivity contribution >= 4 is 17.4 Å². The molecule has 0 fully saturated rings. The van der Waals surface area contributed by atoms with Gasteiger partial charge in [0.25, 0.3) is 0 Å². The Hall–Kier alpha value is -1.88. The van der Waals surface area contributed by atoms with Gasteiger partial charge in [0.2, 0.25) is 0 Å². The molecule has 0 aliphatic heterocycles. The monoisotopic (exact) mass is 209 g/mol. The SMILES string of the molecule is Nc1ccc(C(=O)CC(O)C(=O)O)cc1. The first-order valence-electron chi connectivity index (χ1n) is 4.30. The predicted octanol–water partition coefficient (Wildman–Crippen LogP) is 0.287. The largest absolute Gasteiger partial charge is 0.479 e. The van der Waals surface area contributed by atoms with Gasteiger partial charge in [0.15, 0.2) is 11.9 Å². The Morgan fingerprint density at radius 2 is 1.80 bits per heavy atom. The van der Waals surface area contributed by atoms with Crippen LogP contribution in [0.2, 0.25) is 0 Å². The molecule has 0 aromatic heterocycles. The third-order valence-electron chi connectivity index (χ3n) is 1.90. The third kappa shape index (κ3) is 3.07. The number of carbonyl (C=O) groups is 2. The van der Waals surface area contributed by atoms with Crippen LogP contribution in [0.3, 0.4) is 0 Å². The molecule has 15 heavy (non-hydrogen) atoms. The zero-order chi connectivity index (χ0) is 11.4. The average molecular weight is 209 g/mol. The number of benzene rings is 1. The zero-order valence-electron chi connectivity index (χ0n) is 7.88. The smallest absolute Gasteiger partial charge is 0.332 e. The van der Waals surface area contributed by atoms with E-state index in [2.05, 4.69) is 0 Å². The second-order valence-corrected chi connectivity index (χ2v) is 3.10. The molecule has 0 radical (unpaired) electrons. The lowest BCUT2D eigenvalue weighted by Gasteiger charge is -2.04. The second-order valence-electron chi connectivity index (χ2n) is 3.10. The molecule has 0 saturated heterocycles. The van der Waals surface area contributed by atoms with Crippen molar-refractivity contribution in [3.63, 3.8) is 0 Å². The van der Waals surface area contributed by atoms with E-state index in [-0.39, 0.29) is 0 Å². The van der Waals surface area contributed by atoms with Gasteiger partial charge in [0, 0.05) is 17.7 Å². The van der Waals surface area contributed by atoms with Crippen LogP contribution >= 0.6 is 0 Å². The third-order valence-corrected chi connectivity index (χ3v) is 1.90. The first-order valence-corrected chi connectivity index (χ1v) is 4.30. The summed E-state index contributed by atoms with van der Waals surface area (Å²) in [5.41, 5.74) is 6.28. The number of aliphatic hydroxyl groups excluding tert-OH is 1. The number of ketones is 1. The van der Waals surface area contributed by atoms with Gasteiger partial charge in [-0.2, -0.15) is 0 Å². The number of carboxylic acid groups (broad SMARTS) is 1. The van der Waals surface area contributed by atoms with Gasteiger partial charge in [0.05, 0.1) is 0 Å². The summed E-state index contributed by atoms with van der Waals surface area (Å²) in [4.78, 5) is 21.7. The standard InChI is InChI=1S/C10H11NO4/c11-7-3-1-6(2-4-7)8(12)5-9(13)10(14)15/h1-4,9,13H,5,11H2,(H,14,15). The Bertz CT molecular complexity index is 372. The van der Waals surface area contributed by atoms with E-state index in [9.17, 15) is 9.59 Å². The van der Waals surface area contributed by atoms with Gasteiger partial charge in [-0.3, -0.25) is 4.79 Å². The fourth-order valence-corrected chi connectivity index (χ4v) is 1.05. The van der Waals surface area contributed by atoms with E-state index in [1.807, 2.05) is 0 Å². The van der Waals surface area contributed by atoms with Crippen molar-refractivity contribution in [2.75, 3.05) is 5.73 Å². The molecule has 1 unspecified atom stereocenters. The van der Waals surface area contributed by atoms with Crippen LogP contribution in [0.1, 0.15) is 16.8 Å². The number of hydrogen-bond donors (Lipinski definition) is 3. The Morgan fingerprint density at radius 1 is 1.27 bits per heavy atom. The van der Waals surface area contributed by atoms with Crippen molar-refractivity contribution in [3.05, 3.63) is 29.8 Å². The van der Waals surface area contributed by atoms with Crippen LogP contribution in [0, 0.1) is 0 Å². The molecule has 5 nitrogen and oxygen atoms in total. The lowest BCUT2D eigenvalue weighted by atomic mass is 10.1. The molecule has 4 N–H and O–H groups in total. The van der Waals surface area contributed by atoms with E-state index >= 15 is 0 Å². The first kappa shape index (κ1) is 11.2. The van der Waals surface area contributed by atoms with Crippen molar-refractivity contribution < 1.29 is 19.8 Å². The van der Waals surface area contributed by atoms with Gasteiger partial charge in [0.1, 0.15) is 0 Å². The maximum Gasteiger partial charge on any atom is 0.332 e. The highest BCUT2D eigenvalue weighted by Gasteiger charge is 2.18. The van der Waals surface area contributed by atoms with Crippen LogP contribution in [0.4, 0.5) is 5.69 Å². The Labute approximate surface area is 86.1 Å². The molecule has 5 heteroatoms. The number of aliphatic carboxylic acids is 1. The summed E-state index contributed by atoms with van der Waals surface area (Å²) in [6, 6.07) is 6.07. The van der Waals surface area contributed by atoms with Crippen LogP contribution < -0.4 is 5.73 Å². The number of Topliss-reactive ketones (excluding diaryl/α,β-unsaturated/α-hetero) is 1. The van der Waals surface area contributed by atoms with Gasteiger partial charge < -0.3 is 15.9 Å². The van der Waals surface area contributed by atoms with E-state index < -0.39 is 24.3 Å². The molecule has 1 aromatic rings. The van der Waals surface area contributed by atoms with Crippen LogP contribution in [0.5, 0.6) is 0 Å². The molecule has 80 valence electrons. The first-order chi connectivity index (χ1) is 7.00. The minimum atomic E-state index is -1.66. The van der Waals surface area contributed by atoms with E-state index in [0.29, 0.717) is 11.3 Å². The minimum absolute atomic E-state index is 0.338. The number of anilines is 1. The number of rotatable bonds is 4. The molecule has 1 rings (SSSR count). The lowest BCUT2D eigenvalue weighted by Crippen LogP contribution is -2.23. The van der Waals surface area contributed by atoms with Crippen molar-refractivity contribution in [3.8, 4) is 0 Å². The van der Waals surface area contributed by atoms with Gasteiger partial charge >= 0.3 is 5.97 Å². The van der Waals surface area contributed by atoms with Gasteiger partial charge in [-0.05, 0) is 24.3 Å². The van der Waals surface area contributed by atoms with Crippen molar-refractivity contribution in [2.24, 2.45) is 0 Å². The fourth-order valence-electron chi connectivity index (χ4n) is 1.05. The fraction of sp³-hybridized carbons (Fsp3) is 0.200. The molecular weight excluding hydrogens is 198 g/mol. The summed E-state index contributed by atoms with van der Waals surface area (Å²) >= 11 is 0. The normalized spacial score (nSPS) is 12.1. The summed E-state index contributed by atoms with van der Waals surface area (Å²) in [5, 5.41) is 17.4. The van der Waals surface area contributed by atoms with Gasteiger partial charge in [-0.25, -0.2) is 4.79 Å². The molecule has 0 saturated carbocycles. The number of nitrogen functional groups attached to an aromatic ring is 1. The Balaban J connectivity index is 2.69. The number of nitrogens with two attached hydrogens (primary N) is 1. The van der Waals surface area contributed by atoms with Gasteiger partial charge in [-0.1, -0.05) is 0 Å². The minimum Gasteiger partial charge on any atom is -0.479 e. The van der Waals surface area contributed by atoms with Crippen molar-refractivity contribution in [1.29, 1.82) is 0 Å². The number of aliphatic hydroxyl groups is 1. The van der Waals surface area contributed by atoms with Gasteiger partial charge in [-0.15, -0.1) is 0 Å². The molecule has 0 aliphatic rings. The van der Waals surface area contributed by atoms with Crippen molar-refractivity contribution in [1.82, 2.24) is 0 Å². The molecule has 1 atom stereocenters. The average Bonchev–Trinajstić information content (AvgIpc) is 2.18. The van der Waals surface area contributed by atoms with Crippen LogP contribution in [-0.4, -0.2) is 28.1 Å². The number of carboxylic acids is 1. The maximum atomic E-state index is 11.4. The predicted molar refractivity (Wildman–Crippen MR) is 53.4 cm³/mol. The molecule has 1 aromatic carbocycles. The van der Waals surface area contributed by atoms with E-state index in [1.54, 1.807) is 12.1 Å². The van der Waals surface area contributed by atoms with Crippen LogP contribution in [0.25, 0.3) is 0 Å². The highest BCUT2D eigenvalue weighted by Crippen LogP contribution is 2.09. The van der Waals surface area contributed by atoms with E-state index in [1.165, 1.54) is 12.1 Å². The molecule has 0 spiro atoms. The summed E-state index contributed by atoms with van der Waals surface area (Å²) in [6.07, 6.45) is -2.09. The summed E-state index contributed by atoms with van der Waals surface area (Å²) in [6.45, 7) is 0. The number of hydrogen-bond acceptors (Lipinski definition) is 4. The summed E-state index contributed by atoms with van der Waals surface area (Å²) < 4.78 is 0. The molecule has 0 heterocycles. The topological polar surface area (TPSA) is 101 Å². The van der Waals surface area contributed by atoms with E-state index in [4.69, 9.17) is 15.9 Å². The highest BCUT2D eigenvalue weighted by molar-refractivity contribution is 5.98. The van der Waals surface area contributed by atoms with Crippen molar-refractivity contribution in [2.45, 2.75) is 12.5 Å².